The second kappa shape index (κ2) is 16.6. The molecule has 3 amide bonds. The van der Waals surface area contributed by atoms with Gasteiger partial charge in [0.1, 0.15) is 0 Å². The van der Waals surface area contributed by atoms with Crippen LogP contribution in [0.5, 0.6) is 0 Å². The Hall–Kier alpha value is -2.81. The molecular formula is C32H47ClN4O4. The van der Waals surface area contributed by atoms with Gasteiger partial charge in [0, 0.05) is 56.9 Å². The highest BCUT2D eigenvalue weighted by atomic mass is 35.5. The smallest absolute Gasteiger partial charge is 0.406 e. The molecule has 0 saturated carbocycles. The molecule has 226 valence electrons. The maximum Gasteiger partial charge on any atom is 0.406 e. The molecule has 0 spiro atoms. The molecule has 0 radical (unpaired) electrons. The second-order valence-corrected chi connectivity index (χ2v) is 11.3. The Morgan fingerprint density at radius 3 is 2.56 bits per heavy atom. The Balaban J connectivity index is 1.78. The minimum absolute atomic E-state index is 0.0516. The second-order valence-electron chi connectivity index (χ2n) is 10.9. The minimum atomic E-state index is -1.17. The quantitative estimate of drug-likeness (QED) is 0.243. The maximum atomic E-state index is 12.8. The van der Waals surface area contributed by atoms with E-state index in [9.17, 15) is 14.7 Å². The van der Waals surface area contributed by atoms with E-state index in [1.54, 1.807) is 4.90 Å². The van der Waals surface area contributed by atoms with E-state index in [4.69, 9.17) is 16.3 Å². The molecule has 0 unspecified atom stereocenters. The number of nitrogens with one attached hydrogen (secondary N) is 2. The number of carbonyl (C=O) groups excluding carboxylic acids is 2. The summed E-state index contributed by atoms with van der Waals surface area (Å²) in [4.78, 5) is 28.1. The van der Waals surface area contributed by atoms with Crippen molar-refractivity contribution in [2.75, 3.05) is 53.4 Å². The Bertz CT molecular complexity index is 1120. The Labute approximate surface area is 250 Å². The van der Waals surface area contributed by atoms with Gasteiger partial charge in [-0.1, -0.05) is 61.3 Å². The summed E-state index contributed by atoms with van der Waals surface area (Å²) < 4.78 is 4.69. The fourth-order valence-corrected chi connectivity index (χ4v) is 5.75. The molecule has 3 rings (SSSR count). The number of methoxy groups -OCH3 is 1. The number of amides is 3. The van der Waals surface area contributed by atoms with Crippen LogP contribution in [0.25, 0.3) is 11.1 Å². The lowest BCUT2D eigenvalue weighted by Crippen LogP contribution is -2.50. The van der Waals surface area contributed by atoms with Gasteiger partial charge in [0.2, 0.25) is 0 Å². The summed E-state index contributed by atoms with van der Waals surface area (Å²) in [6.07, 6.45) is 5.74. The predicted octanol–water partition coefficient (Wildman–Crippen LogP) is 5.80. The summed E-state index contributed by atoms with van der Waals surface area (Å²) in [5.74, 6) is 0. The minimum Gasteiger partial charge on any atom is -0.453 e. The summed E-state index contributed by atoms with van der Waals surface area (Å²) in [5, 5.41) is 18.9. The van der Waals surface area contributed by atoms with E-state index in [0.717, 1.165) is 75.0 Å². The molecule has 0 aromatic heterocycles. The summed E-state index contributed by atoms with van der Waals surface area (Å²) >= 11 is 6.82. The Morgan fingerprint density at radius 2 is 1.83 bits per heavy atom. The zero-order valence-corrected chi connectivity index (χ0v) is 25.6. The van der Waals surface area contributed by atoms with Gasteiger partial charge in [-0.3, -0.25) is 0 Å². The third kappa shape index (κ3) is 9.62. The fraction of sp³-hybridized carbons (Fsp3) is 0.562. The van der Waals surface area contributed by atoms with Gasteiger partial charge in [0.05, 0.1) is 12.7 Å². The largest absolute Gasteiger partial charge is 0.453 e. The van der Waals surface area contributed by atoms with E-state index < -0.39 is 11.7 Å². The van der Waals surface area contributed by atoms with E-state index in [1.165, 1.54) is 12.7 Å². The summed E-state index contributed by atoms with van der Waals surface area (Å²) in [7, 11) is 3.18. The highest BCUT2D eigenvalue weighted by Crippen LogP contribution is 2.42. The third-order valence-corrected chi connectivity index (χ3v) is 8.13. The molecule has 8 nitrogen and oxygen atoms in total. The molecule has 1 aliphatic heterocycles. The van der Waals surface area contributed by atoms with Crippen LogP contribution < -0.4 is 10.6 Å². The number of piperazine rings is 1. The average molecular weight is 587 g/mol. The SMILES string of the molecule is CCCCc1cccc(-c2c(Cl)cccc2[C@](O)(CCCCN(C)C(=O)N2CCNCC2)CCCNC(=O)OC)c1. The van der Waals surface area contributed by atoms with Crippen LogP contribution in [0, 0.1) is 0 Å². The first kappa shape index (κ1) is 32.7. The van der Waals surface area contributed by atoms with Crippen LogP contribution in [0.1, 0.15) is 63.0 Å². The van der Waals surface area contributed by atoms with Crippen LogP contribution in [-0.2, 0) is 16.8 Å². The number of carbonyl (C=O) groups is 2. The van der Waals surface area contributed by atoms with Gasteiger partial charge in [-0.05, 0) is 67.7 Å². The third-order valence-electron chi connectivity index (χ3n) is 7.82. The topological polar surface area (TPSA) is 94.1 Å². The zero-order valence-electron chi connectivity index (χ0n) is 24.9. The van der Waals surface area contributed by atoms with Crippen LogP contribution in [0.4, 0.5) is 9.59 Å². The normalized spacial score (nSPS) is 14.8. The molecule has 3 N–H and O–H groups in total. The molecule has 0 bridgehead atoms. The molecule has 9 heteroatoms. The zero-order chi connectivity index (χ0) is 29.7. The lowest BCUT2D eigenvalue weighted by Gasteiger charge is -2.33. The van der Waals surface area contributed by atoms with Gasteiger partial charge in [-0.15, -0.1) is 0 Å². The van der Waals surface area contributed by atoms with Crippen molar-refractivity contribution in [1.82, 2.24) is 20.4 Å². The number of halogens is 1. The number of aliphatic hydroxyl groups is 1. The predicted molar refractivity (Wildman–Crippen MR) is 165 cm³/mol. The van der Waals surface area contributed by atoms with E-state index in [0.29, 0.717) is 37.4 Å². The van der Waals surface area contributed by atoms with Crippen LogP contribution in [0.15, 0.2) is 42.5 Å². The standard InChI is InChI=1S/C32H47ClN4O4/c1-4-5-11-25-12-8-13-26(24-25)29-27(14-9-15-28(29)33)32(40,17-10-18-35-30(38)41-3)16-6-7-21-36(2)31(39)37-22-19-34-20-23-37/h8-9,12-15,24,34,40H,4-7,10-11,16-23H2,1-3H3,(H,35,38)/t32-/m0/s1. The number of rotatable bonds is 14. The van der Waals surface area contributed by atoms with E-state index in [2.05, 4.69) is 41.8 Å². The number of urea groups is 1. The molecule has 41 heavy (non-hydrogen) atoms. The van der Waals surface area contributed by atoms with Crippen molar-refractivity contribution in [3.05, 3.63) is 58.6 Å². The summed E-state index contributed by atoms with van der Waals surface area (Å²) in [6, 6.07) is 14.2. The molecule has 1 fully saturated rings. The van der Waals surface area contributed by atoms with Crippen molar-refractivity contribution in [1.29, 1.82) is 0 Å². The van der Waals surface area contributed by atoms with Gasteiger partial charge in [0.25, 0.3) is 0 Å². The molecule has 0 aliphatic carbocycles. The van der Waals surface area contributed by atoms with E-state index >= 15 is 0 Å². The molecule has 1 aliphatic rings. The van der Waals surface area contributed by atoms with Crippen molar-refractivity contribution in [3.63, 3.8) is 0 Å². The highest BCUT2D eigenvalue weighted by Gasteiger charge is 2.32. The number of nitrogens with zero attached hydrogens (tertiary/aromatic N) is 2. The van der Waals surface area contributed by atoms with Crippen molar-refractivity contribution in [3.8, 4) is 11.1 Å². The lowest BCUT2D eigenvalue weighted by atomic mass is 9.80. The van der Waals surface area contributed by atoms with Crippen molar-refractivity contribution in [2.24, 2.45) is 0 Å². The van der Waals surface area contributed by atoms with Crippen LogP contribution in [0.3, 0.4) is 0 Å². The number of benzene rings is 2. The Morgan fingerprint density at radius 1 is 1.10 bits per heavy atom. The summed E-state index contributed by atoms with van der Waals surface area (Å²) in [6.45, 7) is 6.27. The number of aryl methyl sites for hydroxylation is 1. The van der Waals surface area contributed by atoms with Crippen molar-refractivity contribution >= 4 is 23.7 Å². The molecule has 1 saturated heterocycles. The lowest BCUT2D eigenvalue weighted by molar-refractivity contribution is 0.0142. The molecule has 1 atom stereocenters. The van der Waals surface area contributed by atoms with Gasteiger partial charge in [-0.25, -0.2) is 9.59 Å². The van der Waals surface area contributed by atoms with Crippen LogP contribution in [0.2, 0.25) is 5.02 Å². The van der Waals surface area contributed by atoms with Crippen LogP contribution in [-0.4, -0.2) is 80.5 Å². The number of alkyl carbamates (subject to hydrolysis) is 1. The van der Waals surface area contributed by atoms with E-state index in [1.807, 2.05) is 30.1 Å². The van der Waals surface area contributed by atoms with Gasteiger partial charge < -0.3 is 30.3 Å². The van der Waals surface area contributed by atoms with Gasteiger partial charge in [-0.2, -0.15) is 0 Å². The monoisotopic (exact) mass is 586 g/mol. The highest BCUT2D eigenvalue weighted by molar-refractivity contribution is 6.33. The number of ether oxygens (including phenoxy) is 1. The van der Waals surface area contributed by atoms with Gasteiger partial charge in [0.15, 0.2) is 0 Å². The number of hydrogen-bond acceptors (Lipinski definition) is 5. The van der Waals surface area contributed by atoms with Crippen molar-refractivity contribution in [2.45, 2.75) is 63.9 Å². The average Bonchev–Trinajstić information content (AvgIpc) is 3.00. The first-order valence-corrected chi connectivity index (χ1v) is 15.3. The van der Waals surface area contributed by atoms with E-state index in [-0.39, 0.29) is 6.03 Å². The maximum absolute atomic E-state index is 12.8. The van der Waals surface area contributed by atoms with Gasteiger partial charge >= 0.3 is 12.1 Å². The fourth-order valence-electron chi connectivity index (χ4n) is 5.47. The molecule has 1 heterocycles. The molecule has 2 aromatic carbocycles. The Kier molecular flexibility index (Phi) is 13.2. The number of unbranched alkanes of at least 4 members (excludes halogenated alkanes) is 2. The number of hydrogen-bond donors (Lipinski definition) is 3. The molecular weight excluding hydrogens is 540 g/mol. The molecule has 2 aromatic rings. The van der Waals surface area contributed by atoms with Crippen LogP contribution >= 0.6 is 11.6 Å². The first-order valence-electron chi connectivity index (χ1n) is 14.9. The first-order chi connectivity index (χ1) is 19.8. The van der Waals surface area contributed by atoms with Crippen molar-refractivity contribution < 1.29 is 19.4 Å². The summed E-state index contributed by atoms with van der Waals surface area (Å²) in [5.41, 5.74) is 2.71.